The monoisotopic (exact) mass is 280 g/mol. The Bertz CT molecular complexity index is 364. The van der Waals surface area contributed by atoms with Crippen molar-refractivity contribution >= 4 is 0 Å². The fraction of sp³-hybridized carbons (Fsp3) is 0.889. The van der Waals surface area contributed by atoms with Gasteiger partial charge in [-0.2, -0.15) is 0 Å². The smallest absolute Gasteiger partial charge is 0.168 e. The Hall–Kier alpha value is -0.340. The van der Waals surface area contributed by atoms with Crippen LogP contribution in [0.25, 0.3) is 0 Å². The van der Waals surface area contributed by atoms with Crippen molar-refractivity contribution in [2.24, 2.45) is 23.2 Å². The molecule has 0 radical (unpaired) electrons. The van der Waals surface area contributed by atoms with E-state index in [1.54, 1.807) is 0 Å². The van der Waals surface area contributed by atoms with Gasteiger partial charge >= 0.3 is 0 Å². The maximum atomic E-state index is 6.29. The molecular weight excluding hydrogens is 248 g/mol. The number of hydrogen-bond donors (Lipinski definition) is 0. The van der Waals surface area contributed by atoms with Crippen molar-refractivity contribution in [3.05, 3.63) is 11.6 Å². The van der Waals surface area contributed by atoms with Gasteiger partial charge in [0.25, 0.3) is 0 Å². The van der Waals surface area contributed by atoms with Crippen LogP contribution < -0.4 is 0 Å². The minimum atomic E-state index is -0.392. The van der Waals surface area contributed by atoms with E-state index in [0.717, 1.165) is 19.6 Å². The molecular formula is C18H32O2. The molecule has 2 rings (SSSR count). The van der Waals surface area contributed by atoms with Crippen LogP contribution in [-0.2, 0) is 9.47 Å². The average molecular weight is 280 g/mol. The SMILES string of the molecule is CCC(C)C1(C)COC(C)(C2CC(C)=CC(C)C2)OC1. The molecule has 1 saturated heterocycles. The number of rotatable bonds is 3. The summed E-state index contributed by atoms with van der Waals surface area (Å²) in [6, 6.07) is 0. The van der Waals surface area contributed by atoms with Crippen LogP contribution in [0.1, 0.15) is 60.8 Å². The highest BCUT2D eigenvalue weighted by Crippen LogP contribution is 2.44. The molecule has 2 aliphatic rings. The van der Waals surface area contributed by atoms with Crippen molar-refractivity contribution < 1.29 is 9.47 Å². The molecule has 1 heterocycles. The van der Waals surface area contributed by atoms with Crippen molar-refractivity contribution in [1.29, 1.82) is 0 Å². The van der Waals surface area contributed by atoms with E-state index in [0.29, 0.717) is 17.8 Å². The van der Waals surface area contributed by atoms with Crippen LogP contribution in [-0.4, -0.2) is 19.0 Å². The Balaban J connectivity index is 2.03. The summed E-state index contributed by atoms with van der Waals surface area (Å²) in [5.41, 5.74) is 1.65. The van der Waals surface area contributed by atoms with Crippen LogP contribution in [0.2, 0.25) is 0 Å². The molecule has 0 aromatic carbocycles. The number of allylic oxidation sites excluding steroid dienone is 2. The molecule has 20 heavy (non-hydrogen) atoms. The second-order valence-corrected chi connectivity index (χ2v) is 7.68. The van der Waals surface area contributed by atoms with Gasteiger partial charge in [0.1, 0.15) is 0 Å². The van der Waals surface area contributed by atoms with E-state index >= 15 is 0 Å². The Labute approximate surface area is 124 Å². The number of ether oxygens (including phenoxy) is 2. The van der Waals surface area contributed by atoms with Crippen molar-refractivity contribution in [1.82, 2.24) is 0 Å². The third-order valence-electron chi connectivity index (χ3n) is 5.71. The summed E-state index contributed by atoms with van der Waals surface area (Å²) in [7, 11) is 0. The fourth-order valence-corrected chi connectivity index (χ4v) is 3.65. The van der Waals surface area contributed by atoms with E-state index in [2.05, 4.69) is 47.6 Å². The predicted octanol–water partition coefficient (Wildman–Crippen LogP) is 4.79. The van der Waals surface area contributed by atoms with Crippen LogP contribution in [0, 0.1) is 23.2 Å². The second-order valence-electron chi connectivity index (χ2n) is 7.68. The van der Waals surface area contributed by atoms with Crippen LogP contribution in [0.4, 0.5) is 0 Å². The third kappa shape index (κ3) is 3.12. The standard InChI is InChI=1S/C18H32O2/c1-7-15(4)17(5)11-19-18(6,20-12-17)16-9-13(2)8-14(3)10-16/h8,13,15-16H,7,9-12H2,1-6H3. The van der Waals surface area contributed by atoms with Crippen LogP contribution >= 0.6 is 0 Å². The Morgan fingerprint density at radius 3 is 2.40 bits per heavy atom. The van der Waals surface area contributed by atoms with Gasteiger partial charge in [0.05, 0.1) is 13.2 Å². The van der Waals surface area contributed by atoms with Crippen molar-refractivity contribution in [2.45, 2.75) is 66.6 Å². The molecule has 1 aliphatic heterocycles. The van der Waals surface area contributed by atoms with E-state index in [9.17, 15) is 0 Å². The molecule has 0 N–H and O–H groups in total. The summed E-state index contributed by atoms with van der Waals surface area (Å²) in [6.07, 6.45) is 5.86. The first kappa shape index (κ1) is 16.0. The van der Waals surface area contributed by atoms with Gasteiger partial charge in [-0.3, -0.25) is 0 Å². The Morgan fingerprint density at radius 1 is 1.30 bits per heavy atom. The van der Waals surface area contributed by atoms with Gasteiger partial charge in [0.2, 0.25) is 0 Å². The molecule has 0 saturated carbocycles. The molecule has 0 amide bonds. The normalized spacial score (nSPS) is 44.0. The quantitative estimate of drug-likeness (QED) is 0.692. The lowest BCUT2D eigenvalue weighted by molar-refractivity contribution is -0.323. The lowest BCUT2D eigenvalue weighted by Gasteiger charge is -2.49. The highest BCUT2D eigenvalue weighted by Gasteiger charge is 2.46. The topological polar surface area (TPSA) is 18.5 Å². The first-order valence-electron chi connectivity index (χ1n) is 8.24. The fourth-order valence-electron chi connectivity index (χ4n) is 3.65. The van der Waals surface area contributed by atoms with E-state index in [1.807, 2.05) is 0 Å². The van der Waals surface area contributed by atoms with E-state index in [-0.39, 0.29) is 5.41 Å². The first-order chi connectivity index (χ1) is 9.29. The van der Waals surface area contributed by atoms with Gasteiger partial charge in [0, 0.05) is 11.3 Å². The van der Waals surface area contributed by atoms with Gasteiger partial charge in [0.15, 0.2) is 5.79 Å². The highest BCUT2D eigenvalue weighted by atomic mass is 16.7. The summed E-state index contributed by atoms with van der Waals surface area (Å²) >= 11 is 0. The summed E-state index contributed by atoms with van der Waals surface area (Å²) in [5.74, 6) is 1.38. The summed E-state index contributed by atoms with van der Waals surface area (Å²) in [5, 5.41) is 0. The largest absolute Gasteiger partial charge is 0.349 e. The molecule has 3 unspecified atom stereocenters. The van der Waals surface area contributed by atoms with Crippen molar-refractivity contribution in [3.63, 3.8) is 0 Å². The van der Waals surface area contributed by atoms with Gasteiger partial charge in [-0.25, -0.2) is 0 Å². The summed E-state index contributed by atoms with van der Waals surface area (Å²) in [6.45, 7) is 15.2. The maximum Gasteiger partial charge on any atom is 0.168 e. The van der Waals surface area contributed by atoms with E-state index in [1.165, 1.54) is 18.4 Å². The molecule has 2 heteroatoms. The third-order valence-corrected chi connectivity index (χ3v) is 5.71. The molecule has 2 nitrogen and oxygen atoms in total. The molecule has 0 aromatic rings. The second kappa shape index (κ2) is 5.81. The van der Waals surface area contributed by atoms with Gasteiger partial charge in [-0.1, -0.05) is 45.8 Å². The summed E-state index contributed by atoms with van der Waals surface area (Å²) < 4.78 is 12.6. The van der Waals surface area contributed by atoms with E-state index in [4.69, 9.17) is 9.47 Å². The van der Waals surface area contributed by atoms with Crippen LogP contribution in [0.15, 0.2) is 11.6 Å². The molecule has 3 atom stereocenters. The molecule has 0 aromatic heterocycles. The minimum absolute atomic E-state index is 0.166. The summed E-state index contributed by atoms with van der Waals surface area (Å²) in [4.78, 5) is 0. The molecule has 1 fully saturated rings. The van der Waals surface area contributed by atoms with Crippen molar-refractivity contribution in [2.75, 3.05) is 13.2 Å². The lowest BCUT2D eigenvalue weighted by Crippen LogP contribution is -2.53. The average Bonchev–Trinajstić information content (AvgIpc) is 2.40. The molecule has 0 spiro atoms. The van der Waals surface area contributed by atoms with E-state index < -0.39 is 5.79 Å². The molecule has 116 valence electrons. The zero-order valence-corrected chi connectivity index (χ0v) is 14.2. The predicted molar refractivity (Wildman–Crippen MR) is 83.5 cm³/mol. The van der Waals surface area contributed by atoms with Crippen LogP contribution in [0.3, 0.4) is 0 Å². The lowest BCUT2D eigenvalue weighted by atomic mass is 9.75. The number of hydrogen-bond acceptors (Lipinski definition) is 2. The maximum absolute atomic E-state index is 6.29. The minimum Gasteiger partial charge on any atom is -0.349 e. The molecule has 0 bridgehead atoms. The highest BCUT2D eigenvalue weighted by molar-refractivity contribution is 5.08. The zero-order valence-electron chi connectivity index (χ0n) is 14.2. The first-order valence-corrected chi connectivity index (χ1v) is 8.24. The Morgan fingerprint density at radius 2 is 1.90 bits per heavy atom. The van der Waals surface area contributed by atoms with Crippen molar-refractivity contribution in [3.8, 4) is 0 Å². The molecule has 1 aliphatic carbocycles. The van der Waals surface area contributed by atoms with Gasteiger partial charge < -0.3 is 9.47 Å². The van der Waals surface area contributed by atoms with Gasteiger partial charge in [-0.15, -0.1) is 0 Å². The Kier molecular flexibility index (Phi) is 4.66. The zero-order chi connectivity index (χ0) is 15.0. The van der Waals surface area contributed by atoms with Gasteiger partial charge in [-0.05, 0) is 38.5 Å². The van der Waals surface area contributed by atoms with Crippen LogP contribution in [0.5, 0.6) is 0 Å².